The molecule has 0 unspecified atom stereocenters. The normalized spacial score (nSPS) is 25.8. The zero-order valence-electron chi connectivity index (χ0n) is 16.3. The molecule has 1 saturated heterocycles. The summed E-state index contributed by atoms with van der Waals surface area (Å²) >= 11 is 0. The van der Waals surface area contributed by atoms with Crippen molar-refractivity contribution in [2.24, 2.45) is 0 Å². The number of aromatic hydroxyl groups is 4. The zero-order valence-corrected chi connectivity index (χ0v) is 16.3. The number of aliphatic hydroxyl groups excluding tert-OH is 4. The molecule has 0 aliphatic carbocycles. The molecule has 1 aromatic heterocycles. The summed E-state index contributed by atoms with van der Waals surface area (Å²) in [6, 6.07) is 5.73. The highest BCUT2D eigenvalue weighted by molar-refractivity contribution is 5.88. The second kappa shape index (κ2) is 7.97. The Kier molecular flexibility index (Phi) is 5.44. The molecular formula is C21H20O11. The van der Waals surface area contributed by atoms with Crippen LogP contribution in [0.3, 0.4) is 0 Å². The molecule has 1 aliphatic rings. The Balaban J connectivity index is 1.86. The summed E-state index contributed by atoms with van der Waals surface area (Å²) < 4.78 is 11.0. The summed E-state index contributed by atoms with van der Waals surface area (Å²) in [5, 5.41) is 79.6. The lowest BCUT2D eigenvalue weighted by atomic mass is 9.89. The first kappa shape index (κ1) is 21.9. The SMILES string of the molecule is O=c1cc(-c2ccc(O)c(O)c2)oc2cc(O)c([C@@H]3O[C@H](CO)[C@H](O)[C@H](O)[C@H]3O)c(O)c12. The van der Waals surface area contributed by atoms with Crippen LogP contribution < -0.4 is 5.43 Å². The Bertz CT molecular complexity index is 1230. The van der Waals surface area contributed by atoms with Gasteiger partial charge in [-0.05, 0) is 18.2 Å². The second-order valence-electron chi connectivity index (χ2n) is 7.46. The van der Waals surface area contributed by atoms with Crippen molar-refractivity contribution in [1.29, 1.82) is 0 Å². The number of benzene rings is 2. The lowest BCUT2D eigenvalue weighted by molar-refractivity contribution is -0.232. The van der Waals surface area contributed by atoms with Gasteiger partial charge in [0.15, 0.2) is 16.9 Å². The molecule has 2 aromatic carbocycles. The third kappa shape index (κ3) is 3.42. The van der Waals surface area contributed by atoms with Crippen molar-refractivity contribution in [3.63, 3.8) is 0 Å². The lowest BCUT2D eigenvalue weighted by Crippen LogP contribution is -2.55. The van der Waals surface area contributed by atoms with Crippen LogP contribution in [0.2, 0.25) is 0 Å². The van der Waals surface area contributed by atoms with Crippen LogP contribution in [0.15, 0.2) is 39.5 Å². The van der Waals surface area contributed by atoms with Crippen molar-refractivity contribution >= 4 is 11.0 Å². The Morgan fingerprint density at radius 2 is 1.56 bits per heavy atom. The second-order valence-corrected chi connectivity index (χ2v) is 7.46. The first-order valence-corrected chi connectivity index (χ1v) is 9.49. The zero-order chi connectivity index (χ0) is 23.3. The summed E-state index contributed by atoms with van der Waals surface area (Å²) in [4.78, 5) is 12.8. The van der Waals surface area contributed by atoms with E-state index in [1.807, 2.05) is 0 Å². The highest BCUT2D eigenvalue weighted by Crippen LogP contribution is 2.44. The maximum atomic E-state index is 12.8. The Morgan fingerprint density at radius 1 is 0.844 bits per heavy atom. The van der Waals surface area contributed by atoms with E-state index < -0.39 is 65.4 Å². The highest BCUT2D eigenvalue weighted by Gasteiger charge is 2.46. The summed E-state index contributed by atoms with van der Waals surface area (Å²) in [5.74, 6) is -2.28. The number of fused-ring (bicyclic) bond motifs is 1. The van der Waals surface area contributed by atoms with Gasteiger partial charge in [-0.2, -0.15) is 0 Å². The number of hydrogen-bond donors (Lipinski definition) is 8. The maximum Gasteiger partial charge on any atom is 0.197 e. The van der Waals surface area contributed by atoms with Gasteiger partial charge in [0.1, 0.15) is 58.7 Å². The molecule has 0 amide bonds. The molecule has 32 heavy (non-hydrogen) atoms. The van der Waals surface area contributed by atoms with Crippen molar-refractivity contribution in [2.75, 3.05) is 6.61 Å². The van der Waals surface area contributed by atoms with E-state index >= 15 is 0 Å². The lowest BCUT2D eigenvalue weighted by Gasteiger charge is -2.40. The van der Waals surface area contributed by atoms with E-state index in [-0.39, 0.29) is 28.0 Å². The number of ether oxygens (including phenoxy) is 1. The average molecular weight is 448 g/mol. The minimum Gasteiger partial charge on any atom is -0.507 e. The summed E-state index contributed by atoms with van der Waals surface area (Å²) in [5.41, 5.74) is -1.17. The van der Waals surface area contributed by atoms with Crippen LogP contribution in [-0.4, -0.2) is 71.9 Å². The Labute approximate surface area is 179 Å². The van der Waals surface area contributed by atoms with Crippen molar-refractivity contribution in [3.8, 4) is 34.3 Å². The van der Waals surface area contributed by atoms with E-state index in [4.69, 9.17) is 9.15 Å². The van der Waals surface area contributed by atoms with E-state index in [1.54, 1.807) is 0 Å². The fourth-order valence-corrected chi connectivity index (χ4v) is 3.74. The highest BCUT2D eigenvalue weighted by atomic mass is 16.5. The number of hydrogen-bond acceptors (Lipinski definition) is 11. The third-order valence-corrected chi connectivity index (χ3v) is 5.45. The average Bonchev–Trinajstić information content (AvgIpc) is 2.74. The minimum atomic E-state index is -1.80. The van der Waals surface area contributed by atoms with E-state index in [2.05, 4.69) is 0 Å². The maximum absolute atomic E-state index is 12.8. The van der Waals surface area contributed by atoms with Crippen LogP contribution in [-0.2, 0) is 4.74 Å². The fraction of sp³-hybridized carbons (Fsp3) is 0.286. The Hall–Kier alpha value is -3.35. The van der Waals surface area contributed by atoms with Gasteiger partial charge >= 0.3 is 0 Å². The third-order valence-electron chi connectivity index (χ3n) is 5.45. The van der Waals surface area contributed by atoms with Crippen molar-refractivity contribution in [3.05, 3.63) is 46.1 Å². The van der Waals surface area contributed by atoms with E-state index in [0.717, 1.165) is 18.2 Å². The van der Waals surface area contributed by atoms with Crippen LogP contribution in [0.4, 0.5) is 0 Å². The number of phenolic OH excluding ortho intramolecular Hbond substituents is 4. The molecule has 11 heteroatoms. The van der Waals surface area contributed by atoms with Gasteiger partial charge in [-0.25, -0.2) is 0 Å². The van der Waals surface area contributed by atoms with E-state index in [1.165, 1.54) is 12.1 Å². The summed E-state index contributed by atoms with van der Waals surface area (Å²) in [7, 11) is 0. The number of phenols is 4. The van der Waals surface area contributed by atoms with Gasteiger partial charge in [-0.1, -0.05) is 0 Å². The van der Waals surface area contributed by atoms with Crippen molar-refractivity contribution < 1.29 is 50.0 Å². The van der Waals surface area contributed by atoms with Crippen LogP contribution in [0.5, 0.6) is 23.0 Å². The van der Waals surface area contributed by atoms with Gasteiger partial charge in [0.25, 0.3) is 0 Å². The van der Waals surface area contributed by atoms with Crippen LogP contribution >= 0.6 is 0 Å². The van der Waals surface area contributed by atoms with Crippen molar-refractivity contribution in [1.82, 2.24) is 0 Å². The van der Waals surface area contributed by atoms with Gasteiger partial charge in [-0.3, -0.25) is 4.79 Å². The topological polar surface area (TPSA) is 201 Å². The minimum absolute atomic E-state index is 0.0304. The molecular weight excluding hydrogens is 428 g/mol. The summed E-state index contributed by atoms with van der Waals surface area (Å²) in [6.07, 6.45) is -8.09. The smallest absolute Gasteiger partial charge is 0.197 e. The molecule has 11 nitrogen and oxygen atoms in total. The largest absolute Gasteiger partial charge is 0.507 e. The molecule has 5 atom stereocenters. The molecule has 3 aromatic rings. The van der Waals surface area contributed by atoms with Crippen LogP contribution in [0.1, 0.15) is 11.7 Å². The van der Waals surface area contributed by atoms with Gasteiger partial charge in [0, 0.05) is 17.7 Å². The van der Waals surface area contributed by atoms with Gasteiger partial charge in [-0.15, -0.1) is 0 Å². The summed E-state index contributed by atoms with van der Waals surface area (Å²) in [6.45, 7) is -0.721. The molecule has 4 rings (SSSR count). The fourth-order valence-electron chi connectivity index (χ4n) is 3.74. The molecule has 1 aliphatic heterocycles. The van der Waals surface area contributed by atoms with Gasteiger partial charge in [0.05, 0.1) is 12.2 Å². The quantitative estimate of drug-likeness (QED) is 0.247. The first-order valence-electron chi connectivity index (χ1n) is 9.49. The molecule has 1 fully saturated rings. The molecule has 0 spiro atoms. The van der Waals surface area contributed by atoms with Gasteiger partial charge < -0.3 is 50.0 Å². The predicted octanol–water partition coefficient (Wildman–Crippen LogP) is -0.203. The molecule has 2 heterocycles. The molecule has 170 valence electrons. The van der Waals surface area contributed by atoms with Gasteiger partial charge in [0.2, 0.25) is 0 Å². The van der Waals surface area contributed by atoms with E-state index in [9.17, 15) is 45.6 Å². The van der Waals surface area contributed by atoms with Crippen molar-refractivity contribution in [2.45, 2.75) is 30.5 Å². The van der Waals surface area contributed by atoms with Crippen LogP contribution in [0, 0.1) is 0 Å². The molecule has 8 N–H and O–H groups in total. The first-order chi connectivity index (χ1) is 15.1. The Morgan fingerprint density at radius 3 is 2.22 bits per heavy atom. The predicted molar refractivity (Wildman–Crippen MR) is 107 cm³/mol. The van der Waals surface area contributed by atoms with E-state index in [0.29, 0.717) is 0 Å². The molecule has 0 saturated carbocycles. The molecule has 0 bridgehead atoms. The number of aliphatic hydroxyl groups is 4. The molecule has 0 radical (unpaired) electrons. The monoisotopic (exact) mass is 448 g/mol. The van der Waals surface area contributed by atoms with Crippen LogP contribution in [0.25, 0.3) is 22.3 Å². The standard InChI is InChI=1S/C21H20O11/c22-6-14-17(27)19(29)20(30)21(32-14)16-11(26)5-13-15(18(16)28)10(25)4-12(31-13)7-1-2-8(23)9(24)3-7/h1-5,14,17,19-24,26-30H,6H2/t14-,17+,19+,20-,21+/m1/s1. The number of rotatable bonds is 3.